The Morgan fingerprint density at radius 3 is 2.43 bits per heavy atom. The van der Waals surface area contributed by atoms with Crippen LogP contribution >= 0.6 is 0 Å². The van der Waals surface area contributed by atoms with Gasteiger partial charge in [-0.2, -0.15) is 4.31 Å². The molecule has 0 aliphatic carbocycles. The number of aryl methyl sites for hydroxylation is 1. The number of carbonyl (C=O) groups is 1. The van der Waals surface area contributed by atoms with E-state index in [1.165, 1.54) is 10.4 Å². The van der Waals surface area contributed by atoms with Gasteiger partial charge >= 0.3 is 0 Å². The summed E-state index contributed by atoms with van der Waals surface area (Å²) in [5.41, 5.74) is 2.12. The molecule has 8 heteroatoms. The van der Waals surface area contributed by atoms with Gasteiger partial charge in [-0.3, -0.25) is 4.79 Å². The number of benzene rings is 2. The summed E-state index contributed by atoms with van der Waals surface area (Å²) < 4.78 is 38.0. The Morgan fingerprint density at radius 2 is 1.73 bits per heavy atom. The van der Waals surface area contributed by atoms with Crippen molar-refractivity contribution in [2.75, 3.05) is 32.8 Å². The number of hydrogen-bond donors (Lipinski definition) is 1. The molecule has 2 aromatic rings. The molecule has 162 valence electrons. The minimum atomic E-state index is -3.62. The molecule has 1 aliphatic heterocycles. The molecular formula is C22H28N2O5S. The maximum Gasteiger partial charge on any atom is 0.251 e. The van der Waals surface area contributed by atoms with Crippen molar-refractivity contribution in [2.24, 2.45) is 0 Å². The molecule has 1 amide bonds. The van der Waals surface area contributed by atoms with Gasteiger partial charge in [-0.05, 0) is 48.7 Å². The van der Waals surface area contributed by atoms with Crippen LogP contribution in [0.3, 0.4) is 0 Å². The number of rotatable bonds is 8. The van der Waals surface area contributed by atoms with Crippen LogP contribution in [0.1, 0.15) is 35.3 Å². The average molecular weight is 433 g/mol. The van der Waals surface area contributed by atoms with Gasteiger partial charge < -0.3 is 14.8 Å². The quantitative estimate of drug-likeness (QED) is 0.693. The molecule has 1 N–H and O–H groups in total. The van der Waals surface area contributed by atoms with E-state index in [0.717, 1.165) is 22.6 Å². The molecule has 7 nitrogen and oxygen atoms in total. The summed E-state index contributed by atoms with van der Waals surface area (Å²) in [7, 11) is -3.62. The molecule has 0 bridgehead atoms. The normalized spacial score (nSPS) is 13.3. The summed E-state index contributed by atoms with van der Waals surface area (Å²) in [6.07, 6.45) is 0.624. The summed E-state index contributed by atoms with van der Waals surface area (Å²) in [6.45, 7) is 7.63. The van der Waals surface area contributed by atoms with Crippen LogP contribution < -0.4 is 14.8 Å². The van der Waals surface area contributed by atoms with Crippen LogP contribution in [0.15, 0.2) is 41.3 Å². The zero-order valence-corrected chi connectivity index (χ0v) is 18.4. The number of fused-ring (bicyclic) bond motifs is 1. The van der Waals surface area contributed by atoms with Crippen molar-refractivity contribution in [3.05, 3.63) is 53.1 Å². The van der Waals surface area contributed by atoms with Gasteiger partial charge in [0, 0.05) is 25.2 Å². The smallest absolute Gasteiger partial charge is 0.251 e. The summed E-state index contributed by atoms with van der Waals surface area (Å²) in [4.78, 5) is 12.8. The predicted molar refractivity (Wildman–Crippen MR) is 115 cm³/mol. The number of carbonyl (C=O) groups excluding carboxylic acids is 1. The molecule has 2 aromatic carbocycles. The average Bonchev–Trinajstić information content (AvgIpc) is 2.74. The first-order valence-electron chi connectivity index (χ1n) is 10.1. The Bertz CT molecular complexity index is 1020. The molecule has 1 aliphatic rings. The monoisotopic (exact) mass is 432 g/mol. The summed E-state index contributed by atoms with van der Waals surface area (Å²) in [5.74, 6) is 1.16. The van der Waals surface area contributed by atoms with E-state index < -0.39 is 10.0 Å². The number of nitrogens with one attached hydrogen (secondary N) is 1. The molecule has 0 aromatic heterocycles. The topological polar surface area (TPSA) is 84.9 Å². The van der Waals surface area contributed by atoms with Crippen molar-refractivity contribution in [2.45, 2.75) is 32.1 Å². The fraction of sp³-hybridized carbons (Fsp3) is 0.409. The van der Waals surface area contributed by atoms with E-state index in [-0.39, 0.29) is 10.8 Å². The first kappa shape index (κ1) is 22.1. The molecule has 0 spiro atoms. The van der Waals surface area contributed by atoms with Gasteiger partial charge in [0.1, 0.15) is 13.2 Å². The van der Waals surface area contributed by atoms with Crippen LogP contribution in [0, 0.1) is 6.92 Å². The second-order valence-corrected chi connectivity index (χ2v) is 8.99. The third kappa shape index (κ3) is 4.76. The van der Waals surface area contributed by atoms with Gasteiger partial charge in [-0.15, -0.1) is 0 Å². The van der Waals surface area contributed by atoms with Gasteiger partial charge in [0.15, 0.2) is 11.5 Å². The van der Waals surface area contributed by atoms with Gasteiger partial charge in [0.25, 0.3) is 5.91 Å². The van der Waals surface area contributed by atoms with Crippen LogP contribution in [0.2, 0.25) is 0 Å². The zero-order valence-electron chi connectivity index (χ0n) is 17.6. The second kappa shape index (κ2) is 9.49. The van der Waals surface area contributed by atoms with Crippen LogP contribution in [0.5, 0.6) is 11.5 Å². The largest absolute Gasteiger partial charge is 0.486 e. The number of ether oxygens (including phenoxy) is 2. The fourth-order valence-electron chi connectivity index (χ4n) is 3.38. The molecule has 0 unspecified atom stereocenters. The third-order valence-electron chi connectivity index (χ3n) is 5.10. The molecule has 30 heavy (non-hydrogen) atoms. The highest BCUT2D eigenvalue weighted by atomic mass is 32.2. The standard InChI is InChI=1S/C22H28N2O5S/c1-4-24(5-2)30(26,27)18-8-6-16(3)19(15-18)22(25)23-11-10-17-7-9-20-21(14-17)29-13-12-28-20/h6-9,14-15H,4-5,10-13H2,1-3H3,(H,23,25). The van der Waals surface area contributed by atoms with Crippen LogP contribution in [-0.2, 0) is 16.4 Å². The molecule has 0 radical (unpaired) electrons. The van der Waals surface area contributed by atoms with E-state index in [1.807, 2.05) is 18.2 Å². The van der Waals surface area contributed by atoms with Gasteiger partial charge in [-0.25, -0.2) is 8.42 Å². The Kier molecular flexibility index (Phi) is 6.99. The summed E-state index contributed by atoms with van der Waals surface area (Å²) in [6, 6.07) is 10.4. The van der Waals surface area contributed by atoms with E-state index in [0.29, 0.717) is 44.8 Å². The maximum atomic E-state index is 12.8. The molecule has 0 saturated carbocycles. The van der Waals surface area contributed by atoms with Crippen LogP contribution in [0.25, 0.3) is 0 Å². The minimum Gasteiger partial charge on any atom is -0.486 e. The Labute approximate surface area is 178 Å². The van der Waals surface area contributed by atoms with E-state index in [2.05, 4.69) is 5.32 Å². The van der Waals surface area contributed by atoms with Crippen molar-refractivity contribution in [1.29, 1.82) is 0 Å². The number of amides is 1. The zero-order chi connectivity index (χ0) is 21.7. The lowest BCUT2D eigenvalue weighted by molar-refractivity contribution is 0.0953. The highest BCUT2D eigenvalue weighted by molar-refractivity contribution is 7.89. The van der Waals surface area contributed by atoms with Crippen molar-refractivity contribution in [3.63, 3.8) is 0 Å². The fourth-order valence-corrected chi connectivity index (χ4v) is 4.86. The first-order chi connectivity index (χ1) is 14.4. The predicted octanol–water partition coefficient (Wildman–Crippen LogP) is 2.77. The Morgan fingerprint density at radius 1 is 1.03 bits per heavy atom. The number of nitrogens with zero attached hydrogens (tertiary/aromatic N) is 1. The van der Waals surface area contributed by atoms with Gasteiger partial charge in [0.2, 0.25) is 10.0 Å². The molecule has 0 atom stereocenters. The highest BCUT2D eigenvalue weighted by Crippen LogP contribution is 2.30. The highest BCUT2D eigenvalue weighted by Gasteiger charge is 2.23. The molecular weight excluding hydrogens is 404 g/mol. The van der Waals surface area contributed by atoms with E-state index in [4.69, 9.17) is 9.47 Å². The lowest BCUT2D eigenvalue weighted by Gasteiger charge is -2.19. The van der Waals surface area contributed by atoms with Crippen molar-refractivity contribution in [3.8, 4) is 11.5 Å². The van der Waals surface area contributed by atoms with Crippen molar-refractivity contribution in [1.82, 2.24) is 9.62 Å². The van der Waals surface area contributed by atoms with Gasteiger partial charge in [-0.1, -0.05) is 26.0 Å². The van der Waals surface area contributed by atoms with Crippen LogP contribution in [0.4, 0.5) is 0 Å². The van der Waals surface area contributed by atoms with Gasteiger partial charge in [0.05, 0.1) is 4.90 Å². The molecule has 0 saturated heterocycles. The summed E-state index contributed by atoms with van der Waals surface area (Å²) in [5, 5.41) is 2.88. The third-order valence-corrected chi connectivity index (χ3v) is 7.15. The number of hydrogen-bond acceptors (Lipinski definition) is 5. The lowest BCUT2D eigenvalue weighted by atomic mass is 10.1. The SMILES string of the molecule is CCN(CC)S(=O)(=O)c1ccc(C)c(C(=O)NCCc2ccc3c(c2)OCCO3)c1. The van der Waals surface area contributed by atoms with Crippen molar-refractivity contribution < 1.29 is 22.7 Å². The second-order valence-electron chi connectivity index (χ2n) is 7.05. The lowest BCUT2D eigenvalue weighted by Crippen LogP contribution is -2.31. The minimum absolute atomic E-state index is 0.133. The molecule has 0 fully saturated rings. The first-order valence-corrected chi connectivity index (χ1v) is 11.6. The number of sulfonamides is 1. The van der Waals surface area contributed by atoms with Crippen molar-refractivity contribution >= 4 is 15.9 Å². The van der Waals surface area contributed by atoms with E-state index >= 15 is 0 Å². The van der Waals surface area contributed by atoms with Crippen LogP contribution in [-0.4, -0.2) is 51.5 Å². The molecule has 1 heterocycles. The Hall–Kier alpha value is -2.58. The summed E-state index contributed by atoms with van der Waals surface area (Å²) >= 11 is 0. The molecule has 3 rings (SSSR count). The van der Waals surface area contributed by atoms with E-state index in [1.54, 1.807) is 32.9 Å². The maximum absolute atomic E-state index is 12.8. The van der Waals surface area contributed by atoms with E-state index in [9.17, 15) is 13.2 Å². The Balaban J connectivity index is 1.68.